The van der Waals surface area contributed by atoms with Crippen LogP contribution in [0.25, 0.3) is 0 Å². The molecule has 1 aromatic heterocycles. The van der Waals surface area contributed by atoms with Gasteiger partial charge in [-0.05, 0) is 19.9 Å². The van der Waals surface area contributed by atoms with Gasteiger partial charge in [0.15, 0.2) is 5.16 Å². The summed E-state index contributed by atoms with van der Waals surface area (Å²) in [5.41, 5.74) is 2.14. The number of nitrogens with zero attached hydrogens (tertiary/aromatic N) is 3. The van der Waals surface area contributed by atoms with Gasteiger partial charge in [-0.15, -0.1) is 0 Å². The van der Waals surface area contributed by atoms with Gasteiger partial charge >= 0.3 is 0 Å². The van der Waals surface area contributed by atoms with Crippen molar-refractivity contribution in [1.29, 1.82) is 0 Å². The lowest BCUT2D eigenvalue weighted by Crippen LogP contribution is -2.15. The molecule has 0 saturated carbocycles. The molecule has 1 amide bonds. The van der Waals surface area contributed by atoms with Crippen LogP contribution in [0.2, 0.25) is 5.02 Å². The minimum absolute atomic E-state index is 0.117. The molecule has 0 aliphatic rings. The Hall–Kier alpha value is -2.10. The quantitative estimate of drug-likeness (QED) is 0.415. The number of methoxy groups -OCH3 is 1. The molecule has 0 atom stereocenters. The molecule has 2 aromatic rings. The number of hydrogen-bond donors (Lipinski definition) is 1. The smallest absolute Gasteiger partial charge is 0.271 e. The number of non-ortho nitro benzene ring substituents is 1. The molecule has 0 unspecified atom stereocenters. The number of rotatable bonds is 8. The Balaban J connectivity index is 2.01. The molecule has 0 spiro atoms. The predicted molar refractivity (Wildman–Crippen MR) is 101 cm³/mol. The van der Waals surface area contributed by atoms with Crippen LogP contribution in [-0.2, 0) is 16.1 Å². The average molecular weight is 399 g/mol. The Morgan fingerprint density at radius 1 is 1.46 bits per heavy atom. The van der Waals surface area contributed by atoms with Crippen LogP contribution in [0, 0.1) is 24.0 Å². The minimum Gasteiger partial charge on any atom is -0.383 e. The molecule has 140 valence electrons. The van der Waals surface area contributed by atoms with Crippen LogP contribution in [0.3, 0.4) is 0 Å². The lowest BCUT2D eigenvalue weighted by molar-refractivity contribution is -0.384. The molecule has 1 N–H and O–H groups in total. The Bertz CT molecular complexity index is 825. The average Bonchev–Trinajstić information content (AvgIpc) is 2.87. The highest BCUT2D eigenvalue weighted by molar-refractivity contribution is 7.99. The Morgan fingerprint density at radius 2 is 2.19 bits per heavy atom. The molecule has 0 aliphatic heterocycles. The number of imidazole rings is 1. The van der Waals surface area contributed by atoms with Crippen LogP contribution < -0.4 is 5.32 Å². The van der Waals surface area contributed by atoms with Crippen LogP contribution in [0.1, 0.15) is 11.4 Å². The molecular formula is C16H19ClN4O4S. The van der Waals surface area contributed by atoms with Crippen LogP contribution in [0.4, 0.5) is 11.4 Å². The summed E-state index contributed by atoms with van der Waals surface area (Å²) < 4.78 is 7.12. The number of nitro groups is 1. The van der Waals surface area contributed by atoms with E-state index in [-0.39, 0.29) is 22.4 Å². The number of hydrogen-bond acceptors (Lipinski definition) is 6. The van der Waals surface area contributed by atoms with Crippen molar-refractivity contribution in [3.05, 3.63) is 44.7 Å². The maximum absolute atomic E-state index is 12.2. The number of aromatic nitrogens is 2. The third-order valence-corrected chi connectivity index (χ3v) is 5.00. The number of nitro benzene ring substituents is 1. The third kappa shape index (κ3) is 4.96. The topological polar surface area (TPSA) is 99.3 Å². The molecule has 2 rings (SSSR count). The molecule has 0 fully saturated rings. The number of carbonyl (C=O) groups excluding carboxylic acids is 1. The standard InChI is InChI=1S/C16H19ClN4O4S/c1-10-11(2)20(6-7-25-3)16(18-10)26-9-15(22)19-14-5-4-12(21(23)24)8-13(14)17/h4-5,8H,6-7,9H2,1-3H3,(H,19,22). The maximum Gasteiger partial charge on any atom is 0.271 e. The highest BCUT2D eigenvalue weighted by Gasteiger charge is 2.15. The first-order chi connectivity index (χ1) is 12.3. The van der Waals surface area contributed by atoms with Crippen molar-refractivity contribution < 1.29 is 14.5 Å². The van der Waals surface area contributed by atoms with E-state index in [0.29, 0.717) is 18.8 Å². The number of ether oxygens (including phenoxy) is 1. The number of anilines is 1. The van der Waals surface area contributed by atoms with Gasteiger partial charge in [-0.25, -0.2) is 4.98 Å². The summed E-state index contributed by atoms with van der Waals surface area (Å²) in [7, 11) is 1.63. The number of aryl methyl sites for hydroxylation is 1. The van der Waals surface area contributed by atoms with E-state index in [1.807, 2.05) is 18.4 Å². The van der Waals surface area contributed by atoms with Gasteiger partial charge in [-0.1, -0.05) is 23.4 Å². The van der Waals surface area contributed by atoms with Crippen molar-refractivity contribution in [2.45, 2.75) is 25.5 Å². The maximum atomic E-state index is 12.2. The van der Waals surface area contributed by atoms with E-state index in [1.165, 1.54) is 30.0 Å². The fourth-order valence-corrected chi connectivity index (χ4v) is 3.35. The van der Waals surface area contributed by atoms with E-state index in [9.17, 15) is 14.9 Å². The highest BCUT2D eigenvalue weighted by atomic mass is 35.5. The molecule has 0 saturated heterocycles. The molecule has 26 heavy (non-hydrogen) atoms. The van der Waals surface area contributed by atoms with Gasteiger partial charge in [0.1, 0.15) is 0 Å². The summed E-state index contributed by atoms with van der Waals surface area (Å²) >= 11 is 7.29. The second-order valence-electron chi connectivity index (χ2n) is 5.47. The van der Waals surface area contributed by atoms with Crippen LogP contribution in [0.5, 0.6) is 0 Å². The van der Waals surface area contributed by atoms with E-state index in [4.69, 9.17) is 16.3 Å². The summed E-state index contributed by atoms with van der Waals surface area (Å²) in [5.74, 6) is -0.140. The summed E-state index contributed by atoms with van der Waals surface area (Å²) in [6.45, 7) is 5.09. The van der Waals surface area contributed by atoms with Crippen LogP contribution in [-0.4, -0.2) is 39.9 Å². The van der Waals surface area contributed by atoms with Crippen molar-refractivity contribution in [3.63, 3.8) is 0 Å². The molecule has 1 heterocycles. The van der Waals surface area contributed by atoms with E-state index in [0.717, 1.165) is 16.5 Å². The highest BCUT2D eigenvalue weighted by Crippen LogP contribution is 2.27. The van der Waals surface area contributed by atoms with Gasteiger partial charge in [0.2, 0.25) is 5.91 Å². The first kappa shape index (κ1) is 20.2. The zero-order chi connectivity index (χ0) is 19.3. The van der Waals surface area contributed by atoms with E-state index >= 15 is 0 Å². The van der Waals surface area contributed by atoms with Gasteiger partial charge in [-0.2, -0.15) is 0 Å². The lowest BCUT2D eigenvalue weighted by atomic mass is 10.3. The number of carbonyl (C=O) groups is 1. The van der Waals surface area contributed by atoms with Crippen LogP contribution in [0.15, 0.2) is 23.4 Å². The number of nitrogens with one attached hydrogen (secondary N) is 1. The number of halogens is 1. The van der Waals surface area contributed by atoms with Gasteiger partial charge in [0, 0.05) is 31.5 Å². The molecule has 1 aromatic carbocycles. The normalized spacial score (nSPS) is 10.8. The first-order valence-electron chi connectivity index (χ1n) is 7.72. The van der Waals surface area contributed by atoms with Gasteiger partial charge < -0.3 is 14.6 Å². The van der Waals surface area contributed by atoms with E-state index in [1.54, 1.807) is 7.11 Å². The fourth-order valence-electron chi connectivity index (χ4n) is 2.21. The second-order valence-corrected chi connectivity index (χ2v) is 6.82. The van der Waals surface area contributed by atoms with Crippen LogP contribution >= 0.6 is 23.4 Å². The first-order valence-corrected chi connectivity index (χ1v) is 9.09. The van der Waals surface area contributed by atoms with Crippen molar-refractivity contribution in [1.82, 2.24) is 9.55 Å². The minimum atomic E-state index is -0.544. The summed E-state index contributed by atoms with van der Waals surface area (Å²) in [6, 6.07) is 3.91. The number of thioether (sulfide) groups is 1. The molecule has 8 nitrogen and oxygen atoms in total. The van der Waals surface area contributed by atoms with Gasteiger partial charge in [0.05, 0.1) is 33.7 Å². The lowest BCUT2D eigenvalue weighted by Gasteiger charge is -2.10. The third-order valence-electron chi connectivity index (χ3n) is 3.71. The Morgan fingerprint density at radius 3 is 2.81 bits per heavy atom. The SMILES string of the molecule is COCCn1c(SCC(=O)Nc2ccc([N+](=O)[O-])cc2Cl)nc(C)c1C. The van der Waals surface area contributed by atoms with Crippen molar-refractivity contribution >= 4 is 40.6 Å². The Kier molecular flexibility index (Phi) is 7.01. The molecular weight excluding hydrogens is 380 g/mol. The summed E-state index contributed by atoms with van der Waals surface area (Å²) in [5, 5.41) is 14.2. The molecule has 0 bridgehead atoms. The fraction of sp³-hybridized carbons (Fsp3) is 0.375. The largest absolute Gasteiger partial charge is 0.383 e. The number of amides is 1. The van der Waals surface area contributed by atoms with Crippen molar-refractivity contribution in [3.8, 4) is 0 Å². The summed E-state index contributed by atoms with van der Waals surface area (Å²) in [6.07, 6.45) is 0. The van der Waals surface area contributed by atoms with Gasteiger partial charge in [0.25, 0.3) is 5.69 Å². The summed E-state index contributed by atoms with van der Waals surface area (Å²) in [4.78, 5) is 26.8. The number of benzene rings is 1. The zero-order valence-corrected chi connectivity index (χ0v) is 16.2. The zero-order valence-electron chi connectivity index (χ0n) is 14.6. The van der Waals surface area contributed by atoms with E-state index < -0.39 is 4.92 Å². The Labute approximate surface area is 160 Å². The second kappa shape index (κ2) is 9.02. The molecule has 0 radical (unpaired) electrons. The molecule has 0 aliphatic carbocycles. The molecule has 10 heteroatoms. The van der Waals surface area contributed by atoms with Gasteiger partial charge in [-0.3, -0.25) is 14.9 Å². The predicted octanol–water partition coefficient (Wildman–Crippen LogP) is 3.44. The monoisotopic (exact) mass is 398 g/mol. The van der Waals surface area contributed by atoms with Crippen molar-refractivity contribution in [2.75, 3.05) is 24.8 Å². The van der Waals surface area contributed by atoms with E-state index in [2.05, 4.69) is 10.3 Å². The van der Waals surface area contributed by atoms with Crippen molar-refractivity contribution in [2.24, 2.45) is 0 Å².